The van der Waals surface area contributed by atoms with Crippen LogP contribution in [0.3, 0.4) is 0 Å². The molecule has 0 aliphatic rings. The highest BCUT2D eigenvalue weighted by Gasteiger charge is 2.20. The second-order valence-electron chi connectivity index (χ2n) is 9.24. The molecule has 9 nitrogen and oxygen atoms in total. The SMILES string of the molecule is COc1ccc2c(Oc3ccc(NC(=O)c4cc5ncsc5n(-c5ccccc5CCO)c4=O)cc3F)ccnc2c1. The van der Waals surface area contributed by atoms with Crippen molar-refractivity contribution in [2.75, 3.05) is 19.0 Å². The fourth-order valence-corrected chi connectivity index (χ4v) is 5.45. The normalized spacial score (nSPS) is 11.1. The zero-order chi connectivity index (χ0) is 29.2. The van der Waals surface area contributed by atoms with Crippen LogP contribution in [0.2, 0.25) is 0 Å². The molecule has 0 aliphatic heterocycles. The van der Waals surface area contributed by atoms with Gasteiger partial charge in [-0.25, -0.2) is 9.37 Å². The Bertz CT molecular complexity index is 2020. The smallest absolute Gasteiger partial charge is 0.269 e. The lowest BCUT2D eigenvalue weighted by Gasteiger charge is -2.14. The summed E-state index contributed by atoms with van der Waals surface area (Å²) >= 11 is 1.26. The molecule has 0 spiro atoms. The number of rotatable bonds is 8. The molecule has 1 amide bonds. The van der Waals surface area contributed by atoms with Crippen molar-refractivity contribution < 1.29 is 23.8 Å². The molecule has 0 unspecified atom stereocenters. The summed E-state index contributed by atoms with van der Waals surface area (Å²) in [5.41, 5.74) is 3.39. The van der Waals surface area contributed by atoms with Gasteiger partial charge in [0.1, 0.15) is 21.9 Å². The van der Waals surface area contributed by atoms with E-state index in [1.165, 1.54) is 34.1 Å². The van der Waals surface area contributed by atoms with Crippen molar-refractivity contribution in [2.24, 2.45) is 0 Å². The molecule has 11 heteroatoms. The Labute approximate surface area is 242 Å². The Hall–Kier alpha value is -5.13. The van der Waals surface area contributed by atoms with Gasteiger partial charge < -0.3 is 19.9 Å². The number of hydrogen-bond donors (Lipinski definition) is 2. The van der Waals surface area contributed by atoms with E-state index in [0.717, 1.165) is 11.6 Å². The maximum Gasteiger partial charge on any atom is 0.269 e. The predicted octanol–water partition coefficient (Wildman–Crippen LogP) is 5.72. The van der Waals surface area contributed by atoms with Gasteiger partial charge >= 0.3 is 0 Å². The molecule has 0 fully saturated rings. The number of pyridine rings is 2. The molecule has 2 N–H and O–H groups in total. The zero-order valence-corrected chi connectivity index (χ0v) is 23.0. The number of ether oxygens (including phenoxy) is 2. The average molecular weight is 583 g/mol. The van der Waals surface area contributed by atoms with E-state index in [2.05, 4.69) is 15.3 Å². The third-order valence-corrected chi connectivity index (χ3v) is 7.50. The monoisotopic (exact) mass is 582 g/mol. The number of aliphatic hydroxyl groups is 1. The van der Waals surface area contributed by atoms with Gasteiger partial charge in [0.15, 0.2) is 11.6 Å². The molecule has 0 aliphatic carbocycles. The van der Waals surface area contributed by atoms with Crippen LogP contribution in [0.15, 0.2) is 89.3 Å². The van der Waals surface area contributed by atoms with Crippen molar-refractivity contribution in [3.05, 3.63) is 112 Å². The van der Waals surface area contributed by atoms with E-state index in [9.17, 15) is 14.7 Å². The first-order chi connectivity index (χ1) is 20.5. The number of hydrogen-bond acceptors (Lipinski definition) is 8. The number of aromatic nitrogens is 3. The minimum atomic E-state index is -0.717. The standard InChI is InChI=1S/C31H23FN4O5S/c1-40-20-7-8-21-24(15-20)33-12-10-27(21)41-28-9-6-19(14-23(28)32)35-29(38)22-16-25-31(42-17-34-25)36(30(22)39)26-5-3-2-4-18(26)11-13-37/h2-10,12,14-17,37H,11,13H2,1H3,(H,35,38). The van der Waals surface area contributed by atoms with Crippen LogP contribution in [0.4, 0.5) is 10.1 Å². The molecule has 210 valence electrons. The summed E-state index contributed by atoms with van der Waals surface area (Å²) in [4.78, 5) is 36.2. The molecule has 3 aromatic heterocycles. The number of anilines is 1. The molecule has 0 atom stereocenters. The molecule has 0 saturated carbocycles. The minimum absolute atomic E-state index is 0.0527. The second kappa shape index (κ2) is 11.4. The summed E-state index contributed by atoms with van der Waals surface area (Å²) in [5, 5.41) is 12.8. The lowest BCUT2D eigenvalue weighted by Crippen LogP contribution is -2.29. The van der Waals surface area contributed by atoms with Gasteiger partial charge in [0.25, 0.3) is 11.5 Å². The van der Waals surface area contributed by atoms with Crippen molar-refractivity contribution in [1.82, 2.24) is 14.5 Å². The molecule has 0 saturated heterocycles. The van der Waals surface area contributed by atoms with Crippen molar-refractivity contribution in [3.63, 3.8) is 0 Å². The molecule has 3 aromatic carbocycles. The maximum absolute atomic E-state index is 15.1. The van der Waals surface area contributed by atoms with E-state index in [-0.39, 0.29) is 23.6 Å². The summed E-state index contributed by atoms with van der Waals surface area (Å²) in [5.74, 6) is -0.449. The Morgan fingerprint density at radius 3 is 2.69 bits per heavy atom. The summed E-state index contributed by atoms with van der Waals surface area (Å²) in [7, 11) is 1.56. The largest absolute Gasteiger partial charge is 0.497 e. The fourth-order valence-electron chi connectivity index (χ4n) is 4.66. The number of nitrogens with zero attached hydrogens (tertiary/aromatic N) is 3. The fraction of sp³-hybridized carbons (Fsp3) is 0.0968. The number of benzene rings is 3. The summed E-state index contributed by atoms with van der Waals surface area (Å²) in [6, 6.07) is 19.5. The quantitative estimate of drug-likeness (QED) is 0.236. The first-order valence-corrected chi connectivity index (χ1v) is 13.7. The number of fused-ring (bicyclic) bond motifs is 2. The van der Waals surface area contributed by atoms with Gasteiger partial charge in [0, 0.05) is 36.0 Å². The Morgan fingerprint density at radius 2 is 1.88 bits per heavy atom. The third-order valence-electron chi connectivity index (χ3n) is 6.67. The summed E-state index contributed by atoms with van der Waals surface area (Å²) < 4.78 is 27.7. The van der Waals surface area contributed by atoms with Crippen LogP contribution < -0.4 is 20.3 Å². The lowest BCUT2D eigenvalue weighted by atomic mass is 10.1. The van der Waals surface area contributed by atoms with Crippen molar-refractivity contribution in [1.29, 1.82) is 0 Å². The maximum atomic E-state index is 15.1. The number of carbonyl (C=O) groups excluding carboxylic acids is 1. The van der Waals surface area contributed by atoms with Gasteiger partial charge in [0.2, 0.25) is 0 Å². The Balaban J connectivity index is 1.30. The van der Waals surface area contributed by atoms with Gasteiger partial charge in [-0.3, -0.25) is 19.1 Å². The van der Waals surface area contributed by atoms with Crippen LogP contribution >= 0.6 is 11.3 Å². The molecule has 0 bridgehead atoms. The second-order valence-corrected chi connectivity index (χ2v) is 10.1. The van der Waals surface area contributed by atoms with Crippen LogP contribution in [-0.2, 0) is 6.42 Å². The van der Waals surface area contributed by atoms with E-state index in [4.69, 9.17) is 9.47 Å². The van der Waals surface area contributed by atoms with Crippen molar-refractivity contribution in [2.45, 2.75) is 6.42 Å². The van der Waals surface area contributed by atoms with Gasteiger partial charge in [-0.2, -0.15) is 0 Å². The number of halogens is 1. The number of thiazole rings is 1. The minimum Gasteiger partial charge on any atom is -0.497 e. The summed E-state index contributed by atoms with van der Waals surface area (Å²) in [6.07, 6.45) is 1.88. The highest BCUT2D eigenvalue weighted by atomic mass is 32.1. The van der Waals surface area contributed by atoms with E-state index in [1.807, 2.05) is 12.1 Å². The van der Waals surface area contributed by atoms with Crippen LogP contribution in [-0.4, -0.2) is 39.3 Å². The number of nitrogens with one attached hydrogen (secondary N) is 1. The molecule has 6 rings (SSSR count). The number of para-hydroxylation sites is 1. The molecule has 42 heavy (non-hydrogen) atoms. The number of aliphatic hydroxyl groups excluding tert-OH is 1. The average Bonchev–Trinajstić information content (AvgIpc) is 3.47. The summed E-state index contributed by atoms with van der Waals surface area (Å²) in [6.45, 7) is -0.102. The van der Waals surface area contributed by atoms with E-state index >= 15 is 4.39 Å². The topological polar surface area (TPSA) is 116 Å². The number of amides is 1. The molecule has 0 radical (unpaired) electrons. The number of methoxy groups -OCH3 is 1. The third kappa shape index (κ3) is 5.06. The van der Waals surface area contributed by atoms with Crippen LogP contribution in [0, 0.1) is 5.82 Å². The Morgan fingerprint density at radius 1 is 1.02 bits per heavy atom. The van der Waals surface area contributed by atoms with Crippen LogP contribution in [0.5, 0.6) is 17.2 Å². The van der Waals surface area contributed by atoms with Crippen molar-refractivity contribution in [3.8, 4) is 22.9 Å². The molecule has 3 heterocycles. The molecular weight excluding hydrogens is 559 g/mol. The number of carbonyl (C=O) groups is 1. The van der Waals surface area contributed by atoms with Gasteiger partial charge in [0.05, 0.1) is 29.3 Å². The Kier molecular flexibility index (Phi) is 7.34. The molecular formula is C31H23FN4O5S. The highest BCUT2D eigenvalue weighted by molar-refractivity contribution is 7.16. The van der Waals surface area contributed by atoms with Crippen LogP contribution in [0.25, 0.3) is 26.9 Å². The van der Waals surface area contributed by atoms with E-state index in [1.54, 1.807) is 55.2 Å². The highest BCUT2D eigenvalue weighted by Crippen LogP contribution is 2.33. The van der Waals surface area contributed by atoms with Crippen molar-refractivity contribution >= 4 is 44.2 Å². The van der Waals surface area contributed by atoms with E-state index in [0.29, 0.717) is 44.9 Å². The van der Waals surface area contributed by atoms with Gasteiger partial charge in [-0.05, 0) is 54.4 Å². The lowest BCUT2D eigenvalue weighted by molar-refractivity contribution is 0.102. The van der Waals surface area contributed by atoms with E-state index < -0.39 is 17.3 Å². The van der Waals surface area contributed by atoms with Gasteiger partial charge in [-0.1, -0.05) is 18.2 Å². The molecule has 6 aromatic rings. The van der Waals surface area contributed by atoms with Crippen LogP contribution in [0.1, 0.15) is 15.9 Å². The van der Waals surface area contributed by atoms with Gasteiger partial charge in [-0.15, -0.1) is 11.3 Å². The predicted molar refractivity (Wildman–Crippen MR) is 159 cm³/mol. The first-order valence-electron chi connectivity index (χ1n) is 12.9. The zero-order valence-electron chi connectivity index (χ0n) is 22.2. The first kappa shape index (κ1) is 27.1.